The fourth-order valence-electron chi connectivity index (χ4n) is 4.84. The van der Waals surface area contributed by atoms with Gasteiger partial charge in [0.25, 0.3) is 0 Å². The zero-order valence-corrected chi connectivity index (χ0v) is 27.0. The van der Waals surface area contributed by atoms with Crippen LogP contribution in [0.2, 0.25) is 0 Å². The van der Waals surface area contributed by atoms with Crippen molar-refractivity contribution < 1.29 is 38.7 Å². The van der Waals surface area contributed by atoms with E-state index in [-0.39, 0.29) is 37.7 Å². The third kappa shape index (κ3) is 15.0. The van der Waals surface area contributed by atoms with E-state index in [9.17, 15) is 38.7 Å². The normalized spacial score (nSPS) is 21.6. The highest BCUT2D eigenvalue weighted by Crippen LogP contribution is 2.09. The largest absolute Gasteiger partial charge is 0.481 e. The van der Waals surface area contributed by atoms with Gasteiger partial charge in [0.1, 0.15) is 30.5 Å². The van der Waals surface area contributed by atoms with Gasteiger partial charge in [0.2, 0.25) is 29.5 Å². The highest BCUT2D eigenvalue weighted by atomic mass is 16.4. The van der Waals surface area contributed by atoms with Crippen molar-refractivity contribution >= 4 is 47.8 Å². The molecule has 1 aliphatic rings. The predicted molar refractivity (Wildman–Crippen MR) is 174 cm³/mol. The lowest BCUT2D eigenvalue weighted by molar-refractivity contribution is -0.141. The van der Waals surface area contributed by atoms with Crippen LogP contribution in [0.1, 0.15) is 51.0 Å². The van der Waals surface area contributed by atoms with E-state index in [0.29, 0.717) is 37.9 Å². The van der Waals surface area contributed by atoms with E-state index >= 15 is 0 Å². The van der Waals surface area contributed by atoms with Gasteiger partial charge in [-0.3, -0.25) is 34.2 Å². The second-order valence-corrected chi connectivity index (χ2v) is 11.6. The third-order valence-electron chi connectivity index (χ3n) is 7.42. The van der Waals surface area contributed by atoms with E-state index in [1.807, 2.05) is 0 Å². The Morgan fingerprint density at radius 3 is 2.15 bits per heavy atom. The van der Waals surface area contributed by atoms with E-state index < -0.39 is 72.6 Å². The molecule has 0 aliphatic carbocycles. The first-order valence-electron chi connectivity index (χ1n) is 15.9. The predicted octanol–water partition coefficient (Wildman–Crippen LogP) is -2.37. The molecule has 0 radical (unpaired) electrons. The molecule has 1 aromatic carbocycles. The fraction of sp³-hybridized carbons (Fsp3) is 0.548. The number of rotatable bonds is 16. The Balaban J connectivity index is 2.39. The number of unbranched alkanes of at least 4 members (excludes halogenated alkanes) is 1. The summed E-state index contributed by atoms with van der Waals surface area (Å²) in [5.74, 6) is -5.74. The number of amides is 5. The number of hydrogen-bond acceptors (Lipinski definition) is 9. The van der Waals surface area contributed by atoms with Crippen molar-refractivity contribution in [1.29, 1.82) is 5.41 Å². The molecular formula is C31H47N9O8. The molecule has 0 saturated carbocycles. The average Bonchev–Trinajstić information content (AvgIpc) is 3.04. The molecule has 264 valence electrons. The number of carboxylic acid groups (broad SMARTS) is 1. The molecule has 1 saturated heterocycles. The van der Waals surface area contributed by atoms with Gasteiger partial charge in [-0.1, -0.05) is 37.3 Å². The van der Waals surface area contributed by atoms with Crippen LogP contribution < -0.4 is 43.0 Å². The van der Waals surface area contributed by atoms with Crippen LogP contribution in [0, 0.1) is 11.3 Å². The summed E-state index contributed by atoms with van der Waals surface area (Å²) >= 11 is 0. The van der Waals surface area contributed by atoms with Crippen LogP contribution in [-0.4, -0.2) is 103 Å². The minimum Gasteiger partial charge on any atom is -0.481 e. The summed E-state index contributed by atoms with van der Waals surface area (Å²) in [6.45, 7) is 2.41. The number of benzene rings is 1. The van der Waals surface area contributed by atoms with Crippen molar-refractivity contribution in [3.63, 3.8) is 0 Å². The van der Waals surface area contributed by atoms with Crippen LogP contribution >= 0.6 is 0 Å². The molecule has 0 bridgehead atoms. The van der Waals surface area contributed by atoms with E-state index in [2.05, 4.69) is 37.2 Å². The van der Waals surface area contributed by atoms with Crippen molar-refractivity contribution in [3.05, 3.63) is 35.9 Å². The summed E-state index contributed by atoms with van der Waals surface area (Å²) in [5, 5.41) is 35.1. The molecule has 1 aliphatic heterocycles. The van der Waals surface area contributed by atoms with Crippen LogP contribution in [0.4, 0.5) is 0 Å². The molecular weight excluding hydrogens is 626 g/mol. The molecule has 5 amide bonds. The number of guanidine groups is 1. The number of carbonyl (C=O) groups excluding carboxylic acids is 6. The summed E-state index contributed by atoms with van der Waals surface area (Å²) in [4.78, 5) is 89.0. The number of nitrogens with two attached hydrogens (primary N) is 1. The van der Waals surface area contributed by atoms with Crippen LogP contribution in [0.15, 0.2) is 30.3 Å². The number of carboxylic acids is 1. The molecule has 1 unspecified atom stereocenters. The van der Waals surface area contributed by atoms with Crippen molar-refractivity contribution in [2.45, 2.75) is 76.0 Å². The first-order valence-corrected chi connectivity index (χ1v) is 15.9. The van der Waals surface area contributed by atoms with Gasteiger partial charge in [-0.15, -0.1) is 0 Å². The highest BCUT2D eigenvalue weighted by molar-refractivity contribution is 5.98. The maximum atomic E-state index is 13.7. The summed E-state index contributed by atoms with van der Waals surface area (Å²) < 4.78 is 0. The van der Waals surface area contributed by atoms with Crippen molar-refractivity contribution in [1.82, 2.24) is 37.2 Å². The van der Waals surface area contributed by atoms with Crippen LogP contribution in [0.5, 0.6) is 0 Å². The number of nitrogens with one attached hydrogen (secondary N) is 8. The Morgan fingerprint density at radius 1 is 0.896 bits per heavy atom. The quantitative estimate of drug-likeness (QED) is 0.0383. The topological polar surface area (TPSA) is 274 Å². The Hall–Kier alpha value is -5.06. The zero-order valence-electron chi connectivity index (χ0n) is 27.0. The van der Waals surface area contributed by atoms with Gasteiger partial charge in [0, 0.05) is 25.4 Å². The molecule has 17 nitrogen and oxygen atoms in total. The lowest BCUT2D eigenvalue weighted by Crippen LogP contribution is -2.58. The maximum Gasteiger partial charge on any atom is 0.305 e. The first kappa shape index (κ1) is 39.1. The third-order valence-corrected chi connectivity index (χ3v) is 7.42. The van der Waals surface area contributed by atoms with Gasteiger partial charge in [-0.2, -0.15) is 0 Å². The molecule has 1 heterocycles. The van der Waals surface area contributed by atoms with Crippen LogP contribution in [-0.2, 0) is 40.0 Å². The van der Waals surface area contributed by atoms with Crippen LogP contribution in [0.3, 0.4) is 0 Å². The highest BCUT2D eigenvalue weighted by Gasteiger charge is 2.33. The van der Waals surface area contributed by atoms with Gasteiger partial charge >= 0.3 is 5.97 Å². The standard InChI is InChI=1S/C31H47N9O8/c1-19(18-41)16-34-12-6-5-10-22-28(46)38-21(11-7-13-35-31(32)33)27(45)36-17-25(42)37-24(15-26(43)44)30(48)40-23(29(47)39-22)14-20-8-3-2-4-9-20/h2-4,8-9,18-19,21-24,34H,5-7,10-17H2,1H3,(H,36,45)(H,37,42)(H,38,46)(H,39,47)(H,40,48)(H,43,44)(H4,32,33,35)/t19?,21-,22+,23-,24-/m0/s1. The molecule has 11 N–H and O–H groups in total. The lowest BCUT2D eigenvalue weighted by Gasteiger charge is -2.26. The van der Waals surface area contributed by atoms with Gasteiger partial charge in [0.05, 0.1) is 13.0 Å². The Labute approximate surface area is 278 Å². The van der Waals surface area contributed by atoms with Crippen molar-refractivity contribution in [2.24, 2.45) is 11.7 Å². The summed E-state index contributed by atoms with van der Waals surface area (Å²) in [6, 6.07) is 3.62. The maximum absolute atomic E-state index is 13.7. The summed E-state index contributed by atoms with van der Waals surface area (Å²) in [6.07, 6.45) is 1.64. The minimum absolute atomic E-state index is 0.00879. The monoisotopic (exact) mass is 673 g/mol. The smallest absolute Gasteiger partial charge is 0.305 e. The SMILES string of the molecule is CC(C=O)CNCCCC[C@H]1NC(=O)[C@H](Cc2ccccc2)NC(=O)[C@H](CC(=O)O)NC(=O)CNC(=O)[C@H](CCCNC(=N)N)NC1=O. The summed E-state index contributed by atoms with van der Waals surface area (Å²) in [5.41, 5.74) is 5.99. The summed E-state index contributed by atoms with van der Waals surface area (Å²) in [7, 11) is 0. The zero-order chi connectivity index (χ0) is 35.5. The molecule has 0 aromatic heterocycles. The second-order valence-electron chi connectivity index (χ2n) is 11.6. The Kier molecular flexibility index (Phi) is 17.1. The van der Waals surface area contributed by atoms with Gasteiger partial charge in [-0.05, 0) is 44.2 Å². The van der Waals surface area contributed by atoms with E-state index in [1.165, 1.54) is 0 Å². The lowest BCUT2D eigenvalue weighted by atomic mass is 10.0. The van der Waals surface area contributed by atoms with Crippen molar-refractivity contribution in [3.8, 4) is 0 Å². The first-order chi connectivity index (χ1) is 22.9. The average molecular weight is 674 g/mol. The molecule has 5 atom stereocenters. The van der Waals surface area contributed by atoms with Gasteiger partial charge < -0.3 is 52.9 Å². The number of aldehydes is 1. The van der Waals surface area contributed by atoms with Gasteiger partial charge in [0.15, 0.2) is 5.96 Å². The number of aliphatic carboxylic acids is 1. The van der Waals surface area contributed by atoms with E-state index in [4.69, 9.17) is 11.1 Å². The van der Waals surface area contributed by atoms with E-state index in [1.54, 1.807) is 37.3 Å². The van der Waals surface area contributed by atoms with Crippen molar-refractivity contribution in [2.75, 3.05) is 26.2 Å². The Bertz CT molecular complexity index is 1280. The van der Waals surface area contributed by atoms with E-state index in [0.717, 1.165) is 6.29 Å². The molecule has 2 rings (SSSR count). The molecule has 48 heavy (non-hydrogen) atoms. The molecule has 1 fully saturated rings. The van der Waals surface area contributed by atoms with Gasteiger partial charge in [-0.25, -0.2) is 0 Å². The molecule has 1 aromatic rings. The fourth-order valence-corrected chi connectivity index (χ4v) is 4.84. The number of hydrogen-bond donors (Lipinski definition) is 10. The minimum atomic E-state index is -1.57. The Morgan fingerprint density at radius 2 is 1.50 bits per heavy atom. The molecule has 0 spiro atoms. The number of carbonyl (C=O) groups is 7. The van der Waals surface area contributed by atoms with Crippen LogP contribution in [0.25, 0.3) is 0 Å². The molecule has 17 heteroatoms. The second kappa shape index (κ2) is 20.9.